The fraction of sp³-hybridized carbons (Fsp3) is 0.409. The van der Waals surface area contributed by atoms with Crippen LogP contribution in [0.25, 0.3) is 0 Å². The molecule has 2 aromatic carbocycles. The summed E-state index contributed by atoms with van der Waals surface area (Å²) < 4.78 is 39.9. The largest absolute Gasteiger partial charge is 0.341 e. The highest BCUT2D eigenvalue weighted by molar-refractivity contribution is 7.89. The number of benzene rings is 2. The third-order valence-corrected chi connectivity index (χ3v) is 7.39. The number of hydrogen-bond donors (Lipinski definition) is 0. The molecule has 0 N–H and O–H groups in total. The molecule has 0 saturated carbocycles. The molecule has 1 aliphatic heterocycles. The van der Waals surface area contributed by atoms with Crippen LogP contribution < -0.4 is 0 Å². The van der Waals surface area contributed by atoms with Crippen molar-refractivity contribution < 1.29 is 17.6 Å². The van der Waals surface area contributed by atoms with Crippen LogP contribution in [0, 0.1) is 11.7 Å². The maximum absolute atomic E-state index is 13.1. The third-order valence-electron chi connectivity index (χ3n) is 5.48. The molecule has 1 saturated heterocycles. The molecule has 0 unspecified atom stereocenters. The Morgan fingerprint density at radius 3 is 2.14 bits per heavy atom. The Kier molecular flexibility index (Phi) is 6.70. The Morgan fingerprint density at radius 1 is 1.03 bits per heavy atom. The van der Waals surface area contributed by atoms with Crippen molar-refractivity contribution in [1.29, 1.82) is 0 Å². The first-order valence-electron chi connectivity index (χ1n) is 9.89. The summed E-state index contributed by atoms with van der Waals surface area (Å²) in [5.41, 5.74) is 2.34. The second-order valence-electron chi connectivity index (χ2n) is 7.50. The summed E-state index contributed by atoms with van der Waals surface area (Å²) in [6.07, 6.45) is 1.95. The van der Waals surface area contributed by atoms with Gasteiger partial charge in [0.25, 0.3) is 0 Å². The lowest BCUT2D eigenvalue weighted by Gasteiger charge is -2.32. The third kappa shape index (κ3) is 5.03. The molecule has 7 heteroatoms. The molecular formula is C22H27FN2O3S. The molecule has 2 aromatic rings. The van der Waals surface area contributed by atoms with Gasteiger partial charge in [-0.15, -0.1) is 0 Å². The number of amides is 1. The van der Waals surface area contributed by atoms with Crippen LogP contribution in [0.3, 0.4) is 0 Å². The first-order valence-corrected chi connectivity index (χ1v) is 11.3. The topological polar surface area (TPSA) is 57.7 Å². The first kappa shape index (κ1) is 21.5. The lowest BCUT2D eigenvalue weighted by atomic mass is 9.96. The van der Waals surface area contributed by atoms with Gasteiger partial charge in [0.05, 0.1) is 4.90 Å². The highest BCUT2D eigenvalue weighted by Gasteiger charge is 2.33. The average Bonchev–Trinajstić information content (AvgIpc) is 2.74. The van der Waals surface area contributed by atoms with E-state index in [-0.39, 0.29) is 29.8 Å². The number of nitrogens with zero attached hydrogens (tertiary/aromatic N) is 2. The van der Waals surface area contributed by atoms with E-state index in [0.717, 1.165) is 24.1 Å². The zero-order chi connectivity index (χ0) is 21.0. The quantitative estimate of drug-likeness (QED) is 0.722. The van der Waals surface area contributed by atoms with Crippen LogP contribution in [-0.4, -0.2) is 43.7 Å². The van der Waals surface area contributed by atoms with Gasteiger partial charge in [-0.1, -0.05) is 31.2 Å². The maximum atomic E-state index is 13.1. The molecule has 0 spiro atoms. The molecule has 156 valence electrons. The Morgan fingerprint density at radius 2 is 1.59 bits per heavy atom. The molecule has 1 fully saturated rings. The van der Waals surface area contributed by atoms with Crippen LogP contribution in [0.15, 0.2) is 53.4 Å². The summed E-state index contributed by atoms with van der Waals surface area (Å²) in [6, 6.07) is 13.1. The summed E-state index contributed by atoms with van der Waals surface area (Å²) in [5, 5.41) is 0. The Balaban J connectivity index is 1.57. The smallest absolute Gasteiger partial charge is 0.243 e. The highest BCUT2D eigenvalue weighted by atomic mass is 32.2. The van der Waals surface area contributed by atoms with Gasteiger partial charge in [-0.3, -0.25) is 4.79 Å². The molecule has 1 amide bonds. The minimum Gasteiger partial charge on any atom is -0.341 e. The monoisotopic (exact) mass is 418 g/mol. The van der Waals surface area contributed by atoms with Crippen molar-refractivity contribution in [2.75, 3.05) is 20.1 Å². The zero-order valence-electron chi connectivity index (χ0n) is 16.8. The van der Waals surface area contributed by atoms with Crippen LogP contribution in [0.1, 0.15) is 30.9 Å². The lowest BCUT2D eigenvalue weighted by molar-refractivity contribution is -0.135. The van der Waals surface area contributed by atoms with Gasteiger partial charge in [0.15, 0.2) is 0 Å². The van der Waals surface area contributed by atoms with Gasteiger partial charge in [-0.25, -0.2) is 12.8 Å². The second kappa shape index (κ2) is 9.05. The predicted molar refractivity (Wildman–Crippen MR) is 110 cm³/mol. The minimum absolute atomic E-state index is 0.0448. The summed E-state index contributed by atoms with van der Waals surface area (Å²) in [7, 11) is -1.87. The predicted octanol–water partition coefficient (Wildman–Crippen LogP) is 3.45. The fourth-order valence-corrected chi connectivity index (χ4v) is 5.11. The molecule has 3 rings (SSSR count). The van der Waals surface area contributed by atoms with Crippen molar-refractivity contribution in [3.8, 4) is 0 Å². The normalized spacial score (nSPS) is 16.0. The number of sulfonamides is 1. The van der Waals surface area contributed by atoms with E-state index in [4.69, 9.17) is 0 Å². The van der Waals surface area contributed by atoms with E-state index < -0.39 is 15.8 Å². The van der Waals surface area contributed by atoms with E-state index in [1.54, 1.807) is 11.9 Å². The van der Waals surface area contributed by atoms with Crippen LogP contribution in [0.4, 0.5) is 4.39 Å². The number of piperidine rings is 1. The zero-order valence-corrected chi connectivity index (χ0v) is 17.7. The van der Waals surface area contributed by atoms with E-state index in [0.29, 0.717) is 19.4 Å². The van der Waals surface area contributed by atoms with Crippen LogP contribution >= 0.6 is 0 Å². The van der Waals surface area contributed by atoms with Gasteiger partial charge in [-0.05, 0) is 54.7 Å². The number of hydrogen-bond acceptors (Lipinski definition) is 3. The van der Waals surface area contributed by atoms with Gasteiger partial charge >= 0.3 is 0 Å². The molecule has 29 heavy (non-hydrogen) atoms. The lowest BCUT2D eigenvalue weighted by Crippen LogP contribution is -2.43. The molecule has 0 aromatic heterocycles. The van der Waals surface area contributed by atoms with E-state index in [1.807, 2.05) is 12.1 Å². The minimum atomic E-state index is -3.66. The summed E-state index contributed by atoms with van der Waals surface area (Å²) in [5.74, 6) is -0.612. The summed E-state index contributed by atoms with van der Waals surface area (Å²) in [4.78, 5) is 14.6. The molecule has 5 nitrogen and oxygen atoms in total. The van der Waals surface area contributed by atoms with Gasteiger partial charge in [-0.2, -0.15) is 4.31 Å². The van der Waals surface area contributed by atoms with Crippen LogP contribution in [-0.2, 0) is 27.8 Å². The van der Waals surface area contributed by atoms with Crippen molar-refractivity contribution in [3.63, 3.8) is 0 Å². The highest BCUT2D eigenvalue weighted by Crippen LogP contribution is 2.25. The number of carbonyl (C=O) groups is 1. The Hall–Kier alpha value is -2.25. The maximum Gasteiger partial charge on any atom is 0.243 e. The summed E-state index contributed by atoms with van der Waals surface area (Å²) >= 11 is 0. The number of aryl methyl sites for hydroxylation is 1. The molecule has 0 atom stereocenters. The molecule has 0 radical (unpaired) electrons. The standard InChI is InChI=1S/C22H27FN2O3S/c1-3-17-4-6-18(7-5-17)16-24(2)22(26)19-12-14-25(15-13-19)29(27,28)21-10-8-20(23)9-11-21/h4-11,19H,3,12-16H2,1-2H3. The molecule has 1 aliphatic rings. The molecule has 0 aliphatic carbocycles. The Labute approximate surface area is 172 Å². The molecule has 0 bridgehead atoms. The van der Waals surface area contributed by atoms with Crippen LogP contribution in [0.2, 0.25) is 0 Å². The SMILES string of the molecule is CCc1ccc(CN(C)C(=O)C2CCN(S(=O)(=O)c3ccc(F)cc3)CC2)cc1. The van der Waals surface area contributed by atoms with Gasteiger partial charge < -0.3 is 4.90 Å². The van der Waals surface area contributed by atoms with Crippen molar-refractivity contribution in [3.05, 3.63) is 65.5 Å². The van der Waals surface area contributed by atoms with Crippen molar-refractivity contribution in [2.24, 2.45) is 5.92 Å². The van der Waals surface area contributed by atoms with Gasteiger partial charge in [0.1, 0.15) is 5.82 Å². The van der Waals surface area contributed by atoms with Gasteiger partial charge in [0.2, 0.25) is 15.9 Å². The van der Waals surface area contributed by atoms with E-state index >= 15 is 0 Å². The molecule has 1 heterocycles. The van der Waals surface area contributed by atoms with Gasteiger partial charge in [0, 0.05) is 32.6 Å². The van der Waals surface area contributed by atoms with E-state index in [9.17, 15) is 17.6 Å². The average molecular weight is 419 g/mol. The van der Waals surface area contributed by atoms with Crippen molar-refractivity contribution >= 4 is 15.9 Å². The number of carbonyl (C=O) groups excluding carboxylic acids is 1. The van der Waals surface area contributed by atoms with Crippen LogP contribution in [0.5, 0.6) is 0 Å². The Bertz CT molecular complexity index is 935. The first-order chi connectivity index (χ1) is 13.8. The van der Waals surface area contributed by atoms with Crippen molar-refractivity contribution in [1.82, 2.24) is 9.21 Å². The number of halogens is 1. The van der Waals surface area contributed by atoms with Crippen molar-refractivity contribution in [2.45, 2.75) is 37.6 Å². The fourth-order valence-electron chi connectivity index (χ4n) is 3.64. The van der Waals surface area contributed by atoms with E-state index in [2.05, 4.69) is 19.1 Å². The second-order valence-corrected chi connectivity index (χ2v) is 9.43. The summed E-state index contributed by atoms with van der Waals surface area (Å²) in [6.45, 7) is 3.22. The number of rotatable bonds is 6. The molecular weight excluding hydrogens is 391 g/mol. The van der Waals surface area contributed by atoms with E-state index in [1.165, 1.54) is 22.0 Å².